The number of H-pyrrole nitrogens is 1. The molecule has 0 amide bonds. The van der Waals surface area contributed by atoms with Gasteiger partial charge in [-0.3, -0.25) is 9.78 Å². The van der Waals surface area contributed by atoms with Crippen LogP contribution in [-0.2, 0) is 0 Å². The Morgan fingerprint density at radius 2 is 1.90 bits per heavy atom. The lowest BCUT2D eigenvalue weighted by Crippen LogP contribution is -2.36. The van der Waals surface area contributed by atoms with Crippen molar-refractivity contribution in [2.45, 2.75) is 39.5 Å². The summed E-state index contributed by atoms with van der Waals surface area (Å²) in [6, 6.07) is 0. The van der Waals surface area contributed by atoms with Gasteiger partial charge in [-0.2, -0.15) is 0 Å². The molecule has 108 valence electrons. The van der Waals surface area contributed by atoms with Gasteiger partial charge in [-0.05, 0) is 11.8 Å². The van der Waals surface area contributed by atoms with E-state index in [1.54, 1.807) is 0 Å². The van der Waals surface area contributed by atoms with Gasteiger partial charge in [-0.15, -0.1) is 11.3 Å². The fraction of sp³-hybridized carbons (Fsp3) is 0.462. The number of aromatic amines is 1. The minimum absolute atomic E-state index is 0.0809. The summed E-state index contributed by atoms with van der Waals surface area (Å²) in [4.78, 5) is 31.3. The molecule has 0 bridgehead atoms. The molecule has 2 heterocycles. The number of rotatable bonds is 3. The fourth-order valence-corrected chi connectivity index (χ4v) is 3.20. The Kier molecular flexibility index (Phi) is 4.15. The first-order valence-electron chi connectivity index (χ1n) is 6.33. The first kappa shape index (κ1) is 15.0. The van der Waals surface area contributed by atoms with Crippen molar-refractivity contribution in [1.29, 1.82) is 0 Å². The van der Waals surface area contributed by atoms with Crippen LogP contribution in [0.25, 0.3) is 5.13 Å². The molecule has 0 saturated heterocycles. The summed E-state index contributed by atoms with van der Waals surface area (Å²) < 4.78 is 1.05. The molecule has 0 saturated carbocycles. The zero-order chi connectivity index (χ0) is 15.0. The van der Waals surface area contributed by atoms with E-state index in [4.69, 9.17) is 11.6 Å². The van der Waals surface area contributed by atoms with Crippen molar-refractivity contribution in [3.8, 4) is 5.13 Å². The standard InChI is InChI=1S/C13H16ClN3O2S/c1-6(2)8-5-20-13(15-8)17-11(18)9(7(3)4)10(14)16-12(17)19/h5-7H,1-4H3,(H,16,19). The van der Waals surface area contributed by atoms with Crippen molar-refractivity contribution in [2.75, 3.05) is 0 Å². The van der Waals surface area contributed by atoms with Crippen LogP contribution in [0.1, 0.15) is 50.8 Å². The van der Waals surface area contributed by atoms with E-state index in [0.29, 0.717) is 10.7 Å². The Morgan fingerprint density at radius 3 is 2.40 bits per heavy atom. The monoisotopic (exact) mass is 313 g/mol. The third kappa shape index (κ3) is 2.58. The van der Waals surface area contributed by atoms with Crippen LogP contribution in [-0.4, -0.2) is 14.5 Å². The third-order valence-corrected chi connectivity index (χ3v) is 4.10. The molecule has 0 aliphatic rings. The number of nitrogens with one attached hydrogen (secondary N) is 1. The first-order valence-corrected chi connectivity index (χ1v) is 7.59. The van der Waals surface area contributed by atoms with Gasteiger partial charge in [-0.25, -0.2) is 14.3 Å². The minimum Gasteiger partial charge on any atom is -0.297 e. The number of thiazole rings is 1. The van der Waals surface area contributed by atoms with Gasteiger partial charge < -0.3 is 0 Å². The number of aromatic nitrogens is 3. The molecule has 0 atom stereocenters. The summed E-state index contributed by atoms with van der Waals surface area (Å²) in [5, 5.41) is 2.33. The van der Waals surface area contributed by atoms with Crippen LogP contribution in [0.4, 0.5) is 0 Å². The Morgan fingerprint density at radius 1 is 1.25 bits per heavy atom. The van der Waals surface area contributed by atoms with E-state index in [2.05, 4.69) is 9.97 Å². The van der Waals surface area contributed by atoms with E-state index in [-0.39, 0.29) is 17.0 Å². The van der Waals surface area contributed by atoms with Gasteiger partial charge in [0.1, 0.15) is 5.15 Å². The van der Waals surface area contributed by atoms with Crippen LogP contribution in [0.2, 0.25) is 5.15 Å². The quantitative estimate of drug-likeness (QED) is 0.886. The van der Waals surface area contributed by atoms with Crippen LogP contribution in [0.3, 0.4) is 0 Å². The highest BCUT2D eigenvalue weighted by Gasteiger charge is 2.18. The predicted molar refractivity (Wildman–Crippen MR) is 81.5 cm³/mol. The average Bonchev–Trinajstić information content (AvgIpc) is 2.76. The zero-order valence-corrected chi connectivity index (χ0v) is 13.3. The van der Waals surface area contributed by atoms with Crippen molar-refractivity contribution in [1.82, 2.24) is 14.5 Å². The topological polar surface area (TPSA) is 67.8 Å². The number of hydrogen-bond acceptors (Lipinski definition) is 4. The van der Waals surface area contributed by atoms with Crippen molar-refractivity contribution in [3.63, 3.8) is 0 Å². The zero-order valence-electron chi connectivity index (χ0n) is 11.7. The van der Waals surface area contributed by atoms with Crippen molar-refractivity contribution < 1.29 is 0 Å². The second-order valence-electron chi connectivity index (χ2n) is 5.16. The molecular weight excluding hydrogens is 298 g/mol. The van der Waals surface area contributed by atoms with Gasteiger partial charge in [0, 0.05) is 5.38 Å². The van der Waals surface area contributed by atoms with Gasteiger partial charge in [0.05, 0.1) is 11.3 Å². The molecular formula is C13H16ClN3O2S. The summed E-state index contributed by atoms with van der Waals surface area (Å²) >= 11 is 7.23. The summed E-state index contributed by atoms with van der Waals surface area (Å²) in [7, 11) is 0. The van der Waals surface area contributed by atoms with E-state index in [1.807, 2.05) is 33.1 Å². The van der Waals surface area contributed by atoms with E-state index in [9.17, 15) is 9.59 Å². The maximum Gasteiger partial charge on any atom is 0.336 e. The number of halogens is 1. The predicted octanol–water partition coefficient (Wildman–Crippen LogP) is 2.88. The molecule has 0 aliphatic carbocycles. The maximum absolute atomic E-state index is 12.5. The molecule has 0 aliphatic heterocycles. The summed E-state index contributed by atoms with van der Waals surface area (Å²) in [6.07, 6.45) is 0. The van der Waals surface area contributed by atoms with E-state index in [0.717, 1.165) is 10.3 Å². The lowest BCUT2D eigenvalue weighted by molar-refractivity contribution is 0.765. The molecule has 0 spiro atoms. The second-order valence-corrected chi connectivity index (χ2v) is 6.38. The van der Waals surface area contributed by atoms with Crippen LogP contribution in [0, 0.1) is 0 Å². The van der Waals surface area contributed by atoms with Gasteiger partial charge in [0.2, 0.25) is 5.13 Å². The Hall–Kier alpha value is -1.40. The largest absolute Gasteiger partial charge is 0.336 e. The Balaban J connectivity index is 2.71. The third-order valence-electron chi connectivity index (χ3n) is 2.96. The molecule has 5 nitrogen and oxygen atoms in total. The highest BCUT2D eigenvalue weighted by molar-refractivity contribution is 7.12. The molecule has 2 aromatic rings. The van der Waals surface area contributed by atoms with E-state index >= 15 is 0 Å². The highest BCUT2D eigenvalue weighted by atomic mass is 35.5. The van der Waals surface area contributed by atoms with Crippen molar-refractivity contribution in [3.05, 3.63) is 42.6 Å². The molecule has 2 aromatic heterocycles. The molecule has 20 heavy (non-hydrogen) atoms. The van der Waals surface area contributed by atoms with Gasteiger partial charge in [-0.1, -0.05) is 39.3 Å². The van der Waals surface area contributed by atoms with Crippen molar-refractivity contribution in [2.24, 2.45) is 0 Å². The van der Waals surface area contributed by atoms with Crippen molar-refractivity contribution >= 4 is 22.9 Å². The molecule has 2 rings (SSSR count). The Bertz CT molecular complexity index is 743. The fourth-order valence-electron chi connectivity index (χ4n) is 1.84. The smallest absolute Gasteiger partial charge is 0.297 e. The minimum atomic E-state index is -0.561. The van der Waals surface area contributed by atoms with Gasteiger partial charge >= 0.3 is 5.69 Å². The van der Waals surface area contributed by atoms with Gasteiger partial charge in [0.25, 0.3) is 5.56 Å². The number of nitrogens with zero attached hydrogens (tertiary/aromatic N) is 2. The normalized spacial score (nSPS) is 11.6. The molecule has 0 aromatic carbocycles. The maximum atomic E-state index is 12.5. The number of hydrogen-bond donors (Lipinski definition) is 1. The second kappa shape index (κ2) is 5.54. The van der Waals surface area contributed by atoms with Crippen LogP contribution >= 0.6 is 22.9 Å². The molecule has 1 N–H and O–H groups in total. The lowest BCUT2D eigenvalue weighted by atomic mass is 10.1. The molecule has 0 fully saturated rings. The summed E-state index contributed by atoms with van der Waals surface area (Å²) in [5.41, 5.74) is 0.289. The molecule has 0 unspecified atom stereocenters. The molecule has 0 radical (unpaired) electrons. The molecule has 7 heteroatoms. The van der Waals surface area contributed by atoms with E-state index < -0.39 is 11.2 Å². The van der Waals surface area contributed by atoms with E-state index in [1.165, 1.54) is 11.3 Å². The van der Waals surface area contributed by atoms with Crippen LogP contribution in [0.15, 0.2) is 15.0 Å². The van der Waals surface area contributed by atoms with Crippen LogP contribution in [0.5, 0.6) is 0 Å². The SMILES string of the molecule is CC(C)c1csc(-n2c(=O)[nH]c(Cl)c(C(C)C)c2=O)n1. The first-order chi connectivity index (χ1) is 9.32. The van der Waals surface area contributed by atoms with Gasteiger partial charge in [0.15, 0.2) is 0 Å². The summed E-state index contributed by atoms with van der Waals surface area (Å²) in [5.74, 6) is 0.161. The average molecular weight is 314 g/mol. The lowest BCUT2D eigenvalue weighted by Gasteiger charge is -2.09. The Labute approximate surface area is 125 Å². The summed E-state index contributed by atoms with van der Waals surface area (Å²) in [6.45, 7) is 7.72. The highest BCUT2D eigenvalue weighted by Crippen LogP contribution is 2.21. The van der Waals surface area contributed by atoms with Crippen LogP contribution < -0.4 is 11.2 Å².